The number of alkyl halides is 3. The smallest absolute Gasteiger partial charge is 0.416 e. The second-order valence-electron chi connectivity index (χ2n) is 11.0. The highest BCUT2D eigenvalue weighted by molar-refractivity contribution is 7.92. The molecule has 0 atom stereocenters. The zero-order valence-electron chi connectivity index (χ0n) is 21.5. The molecule has 1 saturated carbocycles. The average Bonchev–Trinajstić information content (AvgIpc) is 2.72. The summed E-state index contributed by atoms with van der Waals surface area (Å²) in [4.78, 5) is 24.7. The summed E-state index contributed by atoms with van der Waals surface area (Å²) in [5, 5.41) is 5.60. The van der Waals surface area contributed by atoms with Gasteiger partial charge < -0.3 is 15.4 Å². The van der Waals surface area contributed by atoms with Crippen molar-refractivity contribution in [3.05, 3.63) is 29.8 Å². The highest BCUT2D eigenvalue weighted by Crippen LogP contribution is 2.34. The molecule has 2 rings (SSSR count). The van der Waals surface area contributed by atoms with Gasteiger partial charge in [-0.1, -0.05) is 25.3 Å². The maximum atomic E-state index is 13.1. The van der Waals surface area contributed by atoms with Gasteiger partial charge in [0.1, 0.15) is 5.60 Å². The highest BCUT2D eigenvalue weighted by Gasteiger charge is 2.39. The van der Waals surface area contributed by atoms with E-state index < -0.39 is 48.5 Å². The van der Waals surface area contributed by atoms with Crippen molar-refractivity contribution < 1.29 is 35.9 Å². The quantitative estimate of drug-likeness (QED) is 0.466. The third kappa shape index (κ3) is 8.11. The van der Waals surface area contributed by atoms with Gasteiger partial charge in [-0.2, -0.15) is 13.2 Å². The number of alkyl carbamates (subject to hydrolysis) is 1. The van der Waals surface area contributed by atoms with Crippen molar-refractivity contribution in [3.8, 4) is 0 Å². The Morgan fingerprint density at radius 3 is 2.19 bits per heavy atom. The van der Waals surface area contributed by atoms with Gasteiger partial charge in [0.2, 0.25) is 5.91 Å². The van der Waals surface area contributed by atoms with E-state index in [1.807, 2.05) is 0 Å². The lowest BCUT2D eigenvalue weighted by Gasteiger charge is -2.38. The van der Waals surface area contributed by atoms with Crippen molar-refractivity contribution in [1.29, 1.82) is 0 Å². The molecule has 36 heavy (non-hydrogen) atoms. The van der Waals surface area contributed by atoms with Gasteiger partial charge in [-0.05, 0) is 72.1 Å². The number of halogens is 3. The number of ether oxygens (including phenoxy) is 1. The Bertz CT molecular complexity index is 1040. The van der Waals surface area contributed by atoms with Crippen LogP contribution in [0, 0.1) is 0 Å². The van der Waals surface area contributed by atoms with E-state index >= 15 is 0 Å². The second-order valence-corrected chi connectivity index (χ2v) is 13.6. The number of carbonyl (C=O) groups excluding carboxylic acids is 2. The summed E-state index contributed by atoms with van der Waals surface area (Å²) in [5.74, 6) is -0.347. The summed E-state index contributed by atoms with van der Waals surface area (Å²) in [6, 6.07) is 3.65. The van der Waals surface area contributed by atoms with Crippen LogP contribution in [0.1, 0.15) is 85.1 Å². The lowest BCUT2D eigenvalue weighted by atomic mass is 9.79. The monoisotopic (exact) mass is 534 g/mol. The van der Waals surface area contributed by atoms with Crippen LogP contribution in [-0.2, 0) is 25.5 Å². The number of hydrogen-bond donors (Lipinski definition) is 2. The van der Waals surface area contributed by atoms with E-state index in [0.717, 1.165) is 37.5 Å². The highest BCUT2D eigenvalue weighted by atomic mass is 32.2. The fourth-order valence-corrected chi connectivity index (χ4v) is 5.81. The van der Waals surface area contributed by atoms with Gasteiger partial charge >= 0.3 is 12.3 Å². The molecule has 0 radical (unpaired) electrons. The zero-order valence-corrected chi connectivity index (χ0v) is 22.4. The second kappa shape index (κ2) is 11.0. The Balaban J connectivity index is 2.03. The minimum atomic E-state index is -4.66. The van der Waals surface area contributed by atoms with Crippen LogP contribution >= 0.6 is 0 Å². The third-order valence-electron chi connectivity index (χ3n) is 6.32. The number of nitrogens with one attached hydrogen (secondary N) is 2. The molecule has 7 nitrogen and oxygen atoms in total. The summed E-state index contributed by atoms with van der Waals surface area (Å²) in [7, 11) is -4.12. The van der Waals surface area contributed by atoms with Gasteiger partial charge in [0.15, 0.2) is 9.84 Å². The molecule has 0 spiro atoms. The molecule has 0 aliphatic heterocycles. The number of amides is 2. The Hall–Kier alpha value is -2.30. The van der Waals surface area contributed by atoms with Crippen LogP contribution in [0.5, 0.6) is 0 Å². The van der Waals surface area contributed by atoms with Crippen LogP contribution in [0.25, 0.3) is 0 Å². The number of hydrogen-bond acceptors (Lipinski definition) is 5. The Morgan fingerprint density at radius 2 is 1.64 bits per heavy atom. The van der Waals surface area contributed by atoms with Gasteiger partial charge in [0.25, 0.3) is 0 Å². The van der Waals surface area contributed by atoms with Crippen molar-refractivity contribution in [2.75, 3.05) is 6.54 Å². The first kappa shape index (κ1) is 29.9. The maximum absolute atomic E-state index is 13.1. The molecule has 2 N–H and O–H groups in total. The van der Waals surface area contributed by atoms with Crippen LogP contribution in [0.4, 0.5) is 18.0 Å². The fraction of sp³-hybridized carbons (Fsp3) is 0.680. The molecule has 1 fully saturated rings. The summed E-state index contributed by atoms with van der Waals surface area (Å²) >= 11 is 0. The summed E-state index contributed by atoms with van der Waals surface area (Å²) in [6.07, 6.45) is -1.30. The predicted molar refractivity (Wildman–Crippen MR) is 130 cm³/mol. The Morgan fingerprint density at radius 1 is 1.03 bits per heavy atom. The number of benzene rings is 1. The lowest BCUT2D eigenvalue weighted by Crippen LogP contribution is -2.53. The van der Waals surface area contributed by atoms with Gasteiger partial charge in [0, 0.05) is 13.0 Å². The number of sulfone groups is 1. The van der Waals surface area contributed by atoms with E-state index in [1.54, 1.807) is 20.8 Å². The topological polar surface area (TPSA) is 102 Å². The zero-order chi connectivity index (χ0) is 27.4. The van der Waals surface area contributed by atoms with Crippen molar-refractivity contribution in [1.82, 2.24) is 10.6 Å². The van der Waals surface area contributed by atoms with E-state index in [0.29, 0.717) is 18.9 Å². The summed E-state index contributed by atoms with van der Waals surface area (Å²) in [6.45, 7) is 8.10. The summed E-state index contributed by atoms with van der Waals surface area (Å²) < 4.78 is 69.2. The molecule has 2 amide bonds. The Labute approximate surface area is 211 Å². The molecule has 0 aromatic heterocycles. The normalized spacial score (nSPS) is 16.8. The van der Waals surface area contributed by atoms with Gasteiger partial charge in [-0.15, -0.1) is 0 Å². The van der Waals surface area contributed by atoms with Crippen molar-refractivity contribution in [3.63, 3.8) is 0 Å². The first-order valence-electron chi connectivity index (χ1n) is 12.1. The molecule has 1 aliphatic carbocycles. The van der Waals surface area contributed by atoms with Crippen LogP contribution < -0.4 is 10.6 Å². The van der Waals surface area contributed by atoms with Gasteiger partial charge in [-0.25, -0.2) is 13.2 Å². The lowest BCUT2D eigenvalue weighted by molar-refractivity contribution is -0.137. The molecular weight excluding hydrogens is 497 g/mol. The predicted octanol–water partition coefficient (Wildman–Crippen LogP) is 5.38. The molecule has 0 heterocycles. The van der Waals surface area contributed by atoms with Crippen molar-refractivity contribution in [2.45, 2.75) is 107 Å². The van der Waals surface area contributed by atoms with Crippen molar-refractivity contribution in [2.24, 2.45) is 0 Å². The minimum absolute atomic E-state index is 0.00649. The van der Waals surface area contributed by atoms with Crippen LogP contribution in [0.2, 0.25) is 0 Å². The SMILES string of the molecule is CC(C)(C)OC(=O)NC1(CC(=O)NCCC(C)(C)S(=O)(=O)c2cccc(C(F)(F)F)c2)CCCCC1. The molecule has 1 aromatic rings. The molecule has 0 unspecified atom stereocenters. The van der Waals surface area contributed by atoms with Gasteiger partial charge in [-0.3, -0.25) is 4.79 Å². The Kier molecular flexibility index (Phi) is 9.13. The first-order chi connectivity index (χ1) is 16.4. The summed E-state index contributed by atoms with van der Waals surface area (Å²) in [5.41, 5.74) is -2.47. The van der Waals surface area contributed by atoms with Crippen LogP contribution in [0.3, 0.4) is 0 Å². The van der Waals surface area contributed by atoms with E-state index in [4.69, 9.17) is 4.74 Å². The minimum Gasteiger partial charge on any atom is -0.444 e. The fourth-order valence-electron chi connectivity index (χ4n) is 4.26. The van der Waals surface area contributed by atoms with Crippen LogP contribution in [0.15, 0.2) is 29.2 Å². The van der Waals surface area contributed by atoms with E-state index in [1.165, 1.54) is 13.8 Å². The molecule has 1 aliphatic rings. The standard InChI is InChI=1S/C25H37F3N2O5S/c1-22(2,3)35-21(32)30-24(12-7-6-8-13-24)17-20(31)29-15-14-23(4,5)36(33,34)19-11-9-10-18(16-19)25(26,27)28/h9-11,16H,6-8,12-15,17H2,1-5H3,(H,29,31)(H,30,32). The molecule has 204 valence electrons. The van der Waals surface area contributed by atoms with Gasteiger partial charge in [0.05, 0.1) is 20.7 Å². The molecule has 0 bridgehead atoms. The van der Waals surface area contributed by atoms with E-state index in [9.17, 15) is 31.2 Å². The third-order valence-corrected chi connectivity index (χ3v) is 8.86. The molecular formula is C25H37F3N2O5S. The molecule has 11 heteroatoms. The van der Waals surface area contributed by atoms with Crippen LogP contribution in [-0.4, -0.2) is 42.8 Å². The van der Waals surface area contributed by atoms with E-state index in [-0.39, 0.29) is 25.3 Å². The largest absolute Gasteiger partial charge is 0.444 e. The number of carbonyl (C=O) groups is 2. The van der Waals surface area contributed by atoms with E-state index in [2.05, 4.69) is 10.6 Å². The van der Waals surface area contributed by atoms with Crippen molar-refractivity contribution >= 4 is 21.8 Å². The average molecular weight is 535 g/mol. The molecule has 0 saturated heterocycles. The maximum Gasteiger partial charge on any atom is 0.416 e. The molecule has 1 aromatic carbocycles. The first-order valence-corrected chi connectivity index (χ1v) is 13.6. The number of rotatable bonds is 8.